The minimum atomic E-state index is -4.28. The fraction of sp³-hybridized carbons (Fsp3) is 0.300. The topological polar surface area (TPSA) is 87.1 Å². The van der Waals surface area contributed by atoms with Gasteiger partial charge in [0.15, 0.2) is 0 Å². The predicted molar refractivity (Wildman–Crippen MR) is 103 cm³/mol. The van der Waals surface area contributed by atoms with Crippen molar-refractivity contribution in [2.45, 2.75) is 29.9 Å². The van der Waals surface area contributed by atoms with Gasteiger partial charge in [-0.3, -0.25) is 4.55 Å². The van der Waals surface area contributed by atoms with Gasteiger partial charge in [-0.1, -0.05) is 18.2 Å². The lowest BCUT2D eigenvalue weighted by Gasteiger charge is -2.47. The van der Waals surface area contributed by atoms with Crippen LogP contribution < -0.4 is 9.64 Å². The van der Waals surface area contributed by atoms with Gasteiger partial charge in [0.1, 0.15) is 5.75 Å². The molecule has 2 aliphatic rings. The third-order valence-corrected chi connectivity index (χ3v) is 6.37. The number of benzene rings is 2. The number of ether oxygens (including phenoxy) is 1. The van der Waals surface area contributed by atoms with E-state index in [0.717, 1.165) is 11.3 Å². The smallest absolute Gasteiger partial charge is 0.294 e. The van der Waals surface area contributed by atoms with Crippen LogP contribution >= 0.6 is 0 Å². The molecule has 0 amide bonds. The summed E-state index contributed by atoms with van der Waals surface area (Å²) >= 11 is 0. The molecule has 2 aromatic carbocycles. The lowest BCUT2D eigenvalue weighted by molar-refractivity contribution is 0.0504. The Kier molecular flexibility index (Phi) is 3.89. The van der Waals surface area contributed by atoms with E-state index >= 15 is 0 Å². The predicted octanol–water partition coefficient (Wildman–Crippen LogP) is 2.83. The molecule has 0 saturated carbocycles. The molecule has 2 aliphatic heterocycles. The van der Waals surface area contributed by atoms with Gasteiger partial charge in [0.2, 0.25) is 5.72 Å². The number of rotatable bonds is 3. The lowest BCUT2D eigenvalue weighted by atomic mass is 9.76. The van der Waals surface area contributed by atoms with E-state index in [9.17, 15) is 18.1 Å². The highest BCUT2D eigenvalue weighted by Crippen LogP contribution is 2.54. The van der Waals surface area contributed by atoms with Gasteiger partial charge in [0, 0.05) is 17.8 Å². The van der Waals surface area contributed by atoms with Crippen LogP contribution in [0.25, 0.3) is 6.08 Å². The summed E-state index contributed by atoms with van der Waals surface area (Å²) in [6.45, 7) is 4.54. The van der Waals surface area contributed by atoms with E-state index in [1.807, 2.05) is 35.3 Å². The average molecular weight is 387 g/mol. The summed E-state index contributed by atoms with van der Waals surface area (Å²) in [5, 5.41) is 9.64. The molecule has 142 valence electrons. The van der Waals surface area contributed by atoms with Crippen LogP contribution in [0.5, 0.6) is 5.75 Å². The summed E-state index contributed by atoms with van der Waals surface area (Å²) in [5.41, 5.74) is 1.41. The van der Waals surface area contributed by atoms with E-state index in [4.69, 9.17) is 4.74 Å². The molecule has 7 heteroatoms. The SMILES string of the molecule is CC1(C)c2ccccc2N(CCO)C12C=Cc1cc(S(=O)(=O)O)ccc1O2. The zero-order valence-electron chi connectivity index (χ0n) is 15.1. The van der Waals surface area contributed by atoms with Crippen LogP contribution in [0.3, 0.4) is 0 Å². The van der Waals surface area contributed by atoms with Gasteiger partial charge in [-0.15, -0.1) is 0 Å². The molecule has 4 rings (SSSR count). The van der Waals surface area contributed by atoms with E-state index in [1.54, 1.807) is 6.07 Å². The number of fused-ring (bicyclic) bond motifs is 2. The highest BCUT2D eigenvalue weighted by atomic mass is 32.2. The largest absolute Gasteiger partial charge is 0.463 e. The second-order valence-electron chi connectivity index (χ2n) is 7.32. The van der Waals surface area contributed by atoms with Crippen molar-refractivity contribution in [3.8, 4) is 5.75 Å². The van der Waals surface area contributed by atoms with Crippen LogP contribution in [0.15, 0.2) is 53.4 Å². The Morgan fingerprint density at radius 2 is 1.89 bits per heavy atom. The molecule has 0 aromatic heterocycles. The minimum absolute atomic E-state index is 0.0298. The Morgan fingerprint density at radius 3 is 2.59 bits per heavy atom. The summed E-state index contributed by atoms with van der Waals surface area (Å²) in [5.74, 6) is 0.522. The third kappa shape index (κ3) is 2.50. The molecule has 1 atom stereocenters. The zero-order chi connectivity index (χ0) is 19.4. The molecule has 0 aliphatic carbocycles. The second-order valence-corrected chi connectivity index (χ2v) is 8.75. The van der Waals surface area contributed by atoms with E-state index in [-0.39, 0.29) is 11.5 Å². The normalized spacial score (nSPS) is 22.4. The lowest BCUT2D eigenvalue weighted by Crippen LogP contribution is -2.60. The number of hydrogen-bond acceptors (Lipinski definition) is 5. The molecule has 0 saturated heterocycles. The summed E-state index contributed by atoms with van der Waals surface area (Å²) in [6, 6.07) is 12.3. The molecule has 2 N–H and O–H groups in total. The van der Waals surface area contributed by atoms with Crippen molar-refractivity contribution in [3.05, 3.63) is 59.7 Å². The van der Waals surface area contributed by atoms with Crippen LogP contribution in [0.1, 0.15) is 25.0 Å². The van der Waals surface area contributed by atoms with Gasteiger partial charge in [0.05, 0.1) is 16.9 Å². The van der Waals surface area contributed by atoms with Crippen molar-refractivity contribution in [3.63, 3.8) is 0 Å². The Morgan fingerprint density at radius 1 is 1.15 bits per heavy atom. The molecule has 1 unspecified atom stereocenters. The fourth-order valence-corrected chi connectivity index (χ4v) is 4.64. The molecule has 2 aromatic rings. The number of para-hydroxylation sites is 1. The van der Waals surface area contributed by atoms with Gasteiger partial charge < -0.3 is 14.7 Å². The maximum Gasteiger partial charge on any atom is 0.294 e. The Balaban J connectivity index is 1.86. The minimum Gasteiger partial charge on any atom is -0.463 e. The number of nitrogens with zero attached hydrogens (tertiary/aromatic N) is 1. The number of aliphatic hydroxyl groups is 1. The fourth-order valence-electron chi connectivity index (χ4n) is 4.13. The first-order chi connectivity index (χ1) is 12.7. The first-order valence-corrected chi connectivity index (χ1v) is 10.1. The van der Waals surface area contributed by atoms with E-state index in [1.165, 1.54) is 12.1 Å². The molecular formula is C20H21NO5S. The van der Waals surface area contributed by atoms with Crippen LogP contribution in [0.4, 0.5) is 5.69 Å². The number of aliphatic hydroxyl groups excluding tert-OH is 1. The van der Waals surface area contributed by atoms with Gasteiger partial charge in [-0.05, 0) is 55.8 Å². The quantitative estimate of drug-likeness (QED) is 0.788. The summed E-state index contributed by atoms with van der Waals surface area (Å²) in [6.07, 6.45) is 3.71. The molecule has 6 nitrogen and oxygen atoms in total. The van der Waals surface area contributed by atoms with Crippen molar-refractivity contribution in [1.29, 1.82) is 0 Å². The molecule has 2 heterocycles. The summed E-state index contributed by atoms with van der Waals surface area (Å²) in [4.78, 5) is 1.87. The molecular weight excluding hydrogens is 366 g/mol. The Labute approximate surface area is 158 Å². The van der Waals surface area contributed by atoms with Crippen LogP contribution in [-0.4, -0.2) is 37.0 Å². The number of hydrogen-bond donors (Lipinski definition) is 2. The molecule has 27 heavy (non-hydrogen) atoms. The van der Waals surface area contributed by atoms with Crippen molar-refractivity contribution in [2.75, 3.05) is 18.1 Å². The highest BCUT2D eigenvalue weighted by Gasteiger charge is 2.58. The second kappa shape index (κ2) is 5.82. The van der Waals surface area contributed by atoms with E-state index in [0.29, 0.717) is 17.9 Å². The maximum absolute atomic E-state index is 11.4. The van der Waals surface area contributed by atoms with Gasteiger partial charge in [-0.25, -0.2) is 0 Å². The zero-order valence-corrected chi connectivity index (χ0v) is 15.9. The molecule has 0 bridgehead atoms. The maximum atomic E-state index is 11.4. The van der Waals surface area contributed by atoms with Gasteiger partial charge in [-0.2, -0.15) is 8.42 Å². The first-order valence-electron chi connectivity index (χ1n) is 8.68. The van der Waals surface area contributed by atoms with Crippen molar-refractivity contribution >= 4 is 21.9 Å². The summed E-state index contributed by atoms with van der Waals surface area (Å²) < 4.78 is 38.6. The standard InChI is InChI=1S/C20H21NO5S/c1-19(2)16-5-3-4-6-17(16)21(11-12-22)20(19)10-9-14-13-15(27(23,24)25)7-8-18(14)26-20/h3-10,13,22H,11-12H2,1-2H3,(H,23,24,25). The molecule has 0 radical (unpaired) electrons. The van der Waals surface area contributed by atoms with Crippen molar-refractivity contribution in [1.82, 2.24) is 0 Å². The summed E-state index contributed by atoms with van der Waals surface area (Å²) in [7, 11) is -4.28. The Bertz CT molecular complexity index is 1040. The van der Waals surface area contributed by atoms with Crippen molar-refractivity contribution in [2.24, 2.45) is 0 Å². The first kappa shape index (κ1) is 18.0. The van der Waals surface area contributed by atoms with Crippen molar-refractivity contribution < 1.29 is 22.8 Å². The highest BCUT2D eigenvalue weighted by molar-refractivity contribution is 7.85. The Hall–Kier alpha value is -2.35. The van der Waals surface area contributed by atoms with E-state index < -0.39 is 21.3 Å². The van der Waals surface area contributed by atoms with Crippen LogP contribution in [0, 0.1) is 0 Å². The molecule has 1 spiro atoms. The molecule has 0 fully saturated rings. The average Bonchev–Trinajstić information content (AvgIpc) is 2.80. The number of anilines is 1. The van der Waals surface area contributed by atoms with Gasteiger partial charge in [0.25, 0.3) is 10.1 Å². The third-order valence-electron chi connectivity index (χ3n) is 5.52. The van der Waals surface area contributed by atoms with Gasteiger partial charge >= 0.3 is 0 Å². The van der Waals surface area contributed by atoms with Crippen LogP contribution in [0.2, 0.25) is 0 Å². The monoisotopic (exact) mass is 387 g/mol. The van der Waals surface area contributed by atoms with Crippen LogP contribution in [-0.2, 0) is 15.5 Å². The van der Waals surface area contributed by atoms with E-state index in [2.05, 4.69) is 19.9 Å². The number of β-amino-alcohol motifs (C(OH)–C–C–N with tert-alkyl or cyclic N) is 1.